The minimum absolute atomic E-state index is 0.149. The molecular formula is C23H24O8. The first-order chi connectivity index (χ1) is 14.8. The molecule has 0 saturated carbocycles. The number of aliphatic hydroxyl groups is 1. The zero-order valence-corrected chi connectivity index (χ0v) is 17.4. The number of ether oxygens (including phenoxy) is 3. The van der Waals surface area contributed by atoms with E-state index in [4.69, 9.17) is 14.2 Å². The van der Waals surface area contributed by atoms with Crippen molar-refractivity contribution in [2.75, 3.05) is 21.3 Å². The Kier molecular flexibility index (Phi) is 8.22. The minimum Gasteiger partial charge on any atom is -0.504 e. The molecule has 8 heteroatoms. The Balaban J connectivity index is 2.07. The van der Waals surface area contributed by atoms with Gasteiger partial charge in [-0.05, 0) is 47.5 Å². The van der Waals surface area contributed by atoms with Crippen LogP contribution in [-0.4, -0.2) is 48.2 Å². The number of methoxy groups -OCH3 is 3. The number of phenols is 2. The van der Waals surface area contributed by atoms with Crippen molar-refractivity contribution in [2.45, 2.75) is 13.0 Å². The second kappa shape index (κ2) is 10.8. The van der Waals surface area contributed by atoms with Crippen molar-refractivity contribution in [3.8, 4) is 28.7 Å². The van der Waals surface area contributed by atoms with E-state index in [1.807, 2.05) is 0 Å². The molecule has 0 atom stereocenters. The number of benzene rings is 2. The van der Waals surface area contributed by atoms with E-state index in [9.17, 15) is 24.9 Å². The summed E-state index contributed by atoms with van der Waals surface area (Å²) in [6, 6.07) is 6.07. The molecule has 2 aromatic rings. The highest BCUT2D eigenvalue weighted by molar-refractivity contribution is 6.10. The molecule has 0 spiro atoms. The number of aliphatic hydroxyl groups excluding tert-OH is 1. The highest BCUT2D eigenvalue weighted by Gasteiger charge is 2.11. The summed E-state index contributed by atoms with van der Waals surface area (Å²) in [5.74, 6) is -0.611. The van der Waals surface area contributed by atoms with Gasteiger partial charge >= 0.3 is 0 Å². The lowest BCUT2D eigenvalue weighted by molar-refractivity contribution is -0.121. The number of ketones is 2. The topological polar surface area (TPSA) is 123 Å². The zero-order valence-electron chi connectivity index (χ0n) is 17.4. The molecule has 0 unspecified atom stereocenters. The zero-order chi connectivity index (χ0) is 23.0. The Morgan fingerprint density at radius 2 is 1.19 bits per heavy atom. The van der Waals surface area contributed by atoms with Crippen LogP contribution < -0.4 is 14.2 Å². The summed E-state index contributed by atoms with van der Waals surface area (Å²) in [6.07, 6.45) is 5.11. The smallest absolute Gasteiger partial charge is 0.200 e. The highest BCUT2D eigenvalue weighted by Crippen LogP contribution is 2.37. The molecule has 0 amide bonds. The van der Waals surface area contributed by atoms with Crippen molar-refractivity contribution >= 4 is 23.7 Å². The second-order valence-corrected chi connectivity index (χ2v) is 6.44. The van der Waals surface area contributed by atoms with Crippen LogP contribution in [0.1, 0.15) is 23.1 Å². The van der Waals surface area contributed by atoms with E-state index in [-0.39, 0.29) is 40.7 Å². The van der Waals surface area contributed by atoms with Gasteiger partial charge in [0.2, 0.25) is 5.75 Å². The number of allylic oxidation sites excluding steroid dienone is 2. The van der Waals surface area contributed by atoms with Crippen molar-refractivity contribution < 1.29 is 39.1 Å². The van der Waals surface area contributed by atoms with Gasteiger partial charge in [-0.2, -0.15) is 0 Å². The summed E-state index contributed by atoms with van der Waals surface area (Å²) in [6.45, 7) is -0.395. The molecule has 0 bridgehead atoms. The van der Waals surface area contributed by atoms with E-state index in [1.165, 1.54) is 69.9 Å². The minimum atomic E-state index is -0.423. The lowest BCUT2D eigenvalue weighted by Gasteiger charge is -2.09. The van der Waals surface area contributed by atoms with Gasteiger partial charge in [0.1, 0.15) is 0 Å². The van der Waals surface area contributed by atoms with Gasteiger partial charge < -0.3 is 29.5 Å². The monoisotopic (exact) mass is 428 g/mol. The second-order valence-electron chi connectivity index (χ2n) is 6.44. The molecule has 0 saturated heterocycles. The van der Waals surface area contributed by atoms with E-state index in [0.717, 1.165) is 0 Å². The van der Waals surface area contributed by atoms with Crippen molar-refractivity contribution in [1.82, 2.24) is 0 Å². The number of hydrogen-bond acceptors (Lipinski definition) is 8. The van der Waals surface area contributed by atoms with Crippen LogP contribution in [0.2, 0.25) is 0 Å². The first-order valence-electron chi connectivity index (χ1n) is 9.20. The van der Waals surface area contributed by atoms with E-state index >= 15 is 0 Å². The van der Waals surface area contributed by atoms with Gasteiger partial charge in [-0.3, -0.25) is 9.59 Å². The Bertz CT molecular complexity index is 889. The van der Waals surface area contributed by atoms with Crippen molar-refractivity contribution in [1.29, 1.82) is 0 Å². The van der Waals surface area contributed by atoms with Crippen molar-refractivity contribution in [3.63, 3.8) is 0 Å². The predicted octanol–water partition coefficient (Wildman–Crippen LogP) is 2.87. The van der Waals surface area contributed by atoms with Gasteiger partial charge in [-0.25, -0.2) is 0 Å². The summed E-state index contributed by atoms with van der Waals surface area (Å²) in [5, 5.41) is 29.1. The first kappa shape index (κ1) is 23.5. The summed E-state index contributed by atoms with van der Waals surface area (Å²) < 4.78 is 15.2. The largest absolute Gasteiger partial charge is 0.504 e. The molecule has 3 N–H and O–H groups in total. The van der Waals surface area contributed by atoms with Crippen LogP contribution in [-0.2, 0) is 16.2 Å². The fourth-order valence-electron chi connectivity index (χ4n) is 2.74. The lowest BCUT2D eigenvalue weighted by atomic mass is 10.1. The maximum Gasteiger partial charge on any atom is 0.200 e. The van der Waals surface area contributed by atoms with Gasteiger partial charge in [-0.1, -0.05) is 12.2 Å². The Labute approximate surface area is 179 Å². The molecule has 2 aromatic carbocycles. The molecule has 0 heterocycles. The summed E-state index contributed by atoms with van der Waals surface area (Å²) in [5.41, 5.74) is 1.33. The van der Waals surface area contributed by atoms with Crippen LogP contribution >= 0.6 is 0 Å². The van der Waals surface area contributed by atoms with Crippen LogP contribution in [0.4, 0.5) is 0 Å². The highest BCUT2D eigenvalue weighted by atomic mass is 16.5. The maximum absolute atomic E-state index is 12.1. The molecule has 164 valence electrons. The van der Waals surface area contributed by atoms with Gasteiger partial charge in [0.15, 0.2) is 34.6 Å². The molecular weight excluding hydrogens is 404 g/mol. The maximum atomic E-state index is 12.1. The molecule has 31 heavy (non-hydrogen) atoms. The fourth-order valence-corrected chi connectivity index (χ4v) is 2.74. The first-order valence-corrected chi connectivity index (χ1v) is 9.20. The third-order valence-corrected chi connectivity index (χ3v) is 4.34. The van der Waals surface area contributed by atoms with E-state index in [1.54, 1.807) is 0 Å². The number of aromatic hydroxyl groups is 2. The molecule has 8 nitrogen and oxygen atoms in total. The van der Waals surface area contributed by atoms with Gasteiger partial charge in [-0.15, -0.1) is 0 Å². The normalized spacial score (nSPS) is 11.1. The molecule has 0 fully saturated rings. The SMILES string of the molecule is COc1cc(C=CC(=O)CC(=O)C=Cc2cc(OC)c(O)c(OC)c2)cc(CO)c1O. The Hall–Kier alpha value is -3.78. The average Bonchev–Trinajstić information content (AvgIpc) is 2.77. The van der Waals surface area contributed by atoms with Crippen LogP contribution in [0.15, 0.2) is 36.4 Å². The Morgan fingerprint density at radius 1 is 0.774 bits per heavy atom. The number of phenolic OH excluding ortho intramolecular Hbond substituents is 1. The quantitative estimate of drug-likeness (QED) is 0.390. The van der Waals surface area contributed by atoms with Crippen LogP contribution in [0.25, 0.3) is 12.2 Å². The molecule has 0 aliphatic rings. The fraction of sp³-hybridized carbons (Fsp3) is 0.217. The predicted molar refractivity (Wildman–Crippen MR) is 114 cm³/mol. The van der Waals surface area contributed by atoms with E-state index < -0.39 is 18.2 Å². The van der Waals surface area contributed by atoms with E-state index in [2.05, 4.69) is 0 Å². The van der Waals surface area contributed by atoms with Crippen molar-refractivity contribution in [3.05, 3.63) is 53.1 Å². The molecule has 0 aliphatic carbocycles. The van der Waals surface area contributed by atoms with Crippen LogP contribution in [0.5, 0.6) is 28.7 Å². The lowest BCUT2D eigenvalue weighted by Crippen LogP contribution is -2.02. The number of carbonyl (C=O) groups excluding carboxylic acids is 2. The van der Waals surface area contributed by atoms with Crippen molar-refractivity contribution in [2.24, 2.45) is 0 Å². The van der Waals surface area contributed by atoms with Gasteiger partial charge in [0.05, 0.1) is 34.4 Å². The van der Waals surface area contributed by atoms with Gasteiger partial charge in [0, 0.05) is 5.56 Å². The standard InChI is InChI=1S/C23H24O8/c1-29-19-9-14(8-16(13-24)22(19)27)4-6-17(25)12-18(26)7-5-15-10-20(30-2)23(28)21(11-15)31-3/h4-11,24,27-28H,12-13H2,1-3H3. The number of hydrogen-bond donors (Lipinski definition) is 3. The molecule has 0 aromatic heterocycles. The summed E-state index contributed by atoms with van der Waals surface area (Å²) >= 11 is 0. The van der Waals surface area contributed by atoms with Crippen LogP contribution in [0, 0.1) is 0 Å². The third-order valence-electron chi connectivity index (χ3n) is 4.34. The summed E-state index contributed by atoms with van der Waals surface area (Å²) in [7, 11) is 4.16. The van der Waals surface area contributed by atoms with E-state index in [0.29, 0.717) is 11.1 Å². The number of rotatable bonds is 10. The van der Waals surface area contributed by atoms with Gasteiger partial charge in [0.25, 0.3) is 0 Å². The molecule has 0 radical (unpaired) electrons. The molecule has 0 aliphatic heterocycles. The average molecular weight is 428 g/mol. The molecule has 2 rings (SSSR count). The summed E-state index contributed by atoms with van der Waals surface area (Å²) in [4.78, 5) is 24.2. The van der Waals surface area contributed by atoms with Crippen LogP contribution in [0.3, 0.4) is 0 Å². The third kappa shape index (κ3) is 6.10. The number of carbonyl (C=O) groups is 2. The Morgan fingerprint density at radius 3 is 1.61 bits per heavy atom.